The van der Waals surface area contributed by atoms with Gasteiger partial charge in [0.2, 0.25) is 0 Å². The molecule has 2 heteroatoms. The van der Waals surface area contributed by atoms with Crippen LogP contribution in [0.5, 0.6) is 0 Å². The summed E-state index contributed by atoms with van der Waals surface area (Å²) in [7, 11) is 0. The van der Waals surface area contributed by atoms with Gasteiger partial charge in [0, 0.05) is 3.57 Å². The second-order valence-corrected chi connectivity index (χ2v) is 4.38. The van der Waals surface area contributed by atoms with Crippen molar-refractivity contribution in [2.24, 2.45) is 0 Å². The molecule has 1 fully saturated rings. The average molecular weight is 274 g/mol. The number of hydrogen-bond acceptors (Lipinski definition) is 1. The summed E-state index contributed by atoms with van der Waals surface area (Å²) >= 11 is 2.31. The molecule has 1 aliphatic rings. The zero-order chi connectivity index (χ0) is 8.39. The van der Waals surface area contributed by atoms with Crippen LogP contribution in [0.1, 0.15) is 18.4 Å². The van der Waals surface area contributed by atoms with Crippen molar-refractivity contribution in [1.29, 1.82) is 0 Å². The van der Waals surface area contributed by atoms with Crippen LogP contribution in [0.15, 0.2) is 24.3 Å². The maximum atomic E-state index is 5.58. The first-order valence-electron chi connectivity index (χ1n) is 4.20. The van der Waals surface area contributed by atoms with Gasteiger partial charge in [-0.25, -0.2) is 0 Å². The van der Waals surface area contributed by atoms with E-state index in [1.807, 2.05) is 0 Å². The fourth-order valence-electron chi connectivity index (χ4n) is 1.03. The van der Waals surface area contributed by atoms with Gasteiger partial charge >= 0.3 is 0 Å². The van der Waals surface area contributed by atoms with Crippen LogP contribution in [0.25, 0.3) is 0 Å². The van der Waals surface area contributed by atoms with E-state index in [9.17, 15) is 0 Å². The zero-order valence-corrected chi connectivity index (χ0v) is 8.95. The zero-order valence-electron chi connectivity index (χ0n) is 6.79. The van der Waals surface area contributed by atoms with E-state index in [0.717, 1.165) is 6.61 Å². The third kappa shape index (κ3) is 2.45. The van der Waals surface area contributed by atoms with Gasteiger partial charge in [-0.2, -0.15) is 0 Å². The largest absolute Gasteiger partial charge is 0.374 e. The van der Waals surface area contributed by atoms with E-state index in [-0.39, 0.29) is 0 Å². The molecular formula is C10H11IO. The van der Waals surface area contributed by atoms with E-state index in [2.05, 4.69) is 46.9 Å². The van der Waals surface area contributed by atoms with Gasteiger partial charge in [0.1, 0.15) is 0 Å². The van der Waals surface area contributed by atoms with Crippen LogP contribution < -0.4 is 0 Å². The summed E-state index contributed by atoms with van der Waals surface area (Å²) in [5.74, 6) is 0. The van der Waals surface area contributed by atoms with E-state index in [1.54, 1.807) is 0 Å². The highest BCUT2D eigenvalue weighted by atomic mass is 127. The van der Waals surface area contributed by atoms with Gasteiger partial charge in [0.15, 0.2) is 0 Å². The molecule has 12 heavy (non-hydrogen) atoms. The van der Waals surface area contributed by atoms with Crippen molar-refractivity contribution in [2.45, 2.75) is 25.6 Å². The molecular weight excluding hydrogens is 263 g/mol. The Hall–Kier alpha value is -0.0900. The molecule has 0 unspecified atom stereocenters. The van der Waals surface area contributed by atoms with Crippen molar-refractivity contribution < 1.29 is 4.74 Å². The number of hydrogen-bond donors (Lipinski definition) is 0. The van der Waals surface area contributed by atoms with E-state index in [1.165, 1.54) is 22.0 Å². The van der Waals surface area contributed by atoms with Gasteiger partial charge < -0.3 is 4.74 Å². The Morgan fingerprint density at radius 3 is 2.50 bits per heavy atom. The second kappa shape index (κ2) is 3.75. The van der Waals surface area contributed by atoms with Crippen molar-refractivity contribution in [3.05, 3.63) is 33.4 Å². The van der Waals surface area contributed by atoms with Crippen LogP contribution in [0.4, 0.5) is 0 Å². The van der Waals surface area contributed by atoms with Crippen LogP contribution in [0.3, 0.4) is 0 Å². The summed E-state index contributed by atoms with van der Waals surface area (Å²) in [6.07, 6.45) is 3.07. The molecule has 1 aromatic carbocycles. The van der Waals surface area contributed by atoms with Gasteiger partial charge in [-0.1, -0.05) is 12.1 Å². The first kappa shape index (κ1) is 8.51. The lowest BCUT2D eigenvalue weighted by Crippen LogP contribution is -1.93. The lowest BCUT2D eigenvalue weighted by atomic mass is 10.2. The lowest BCUT2D eigenvalue weighted by molar-refractivity contribution is 0.106. The van der Waals surface area contributed by atoms with E-state index >= 15 is 0 Å². The van der Waals surface area contributed by atoms with Crippen LogP contribution in [0.2, 0.25) is 0 Å². The van der Waals surface area contributed by atoms with Crippen molar-refractivity contribution in [3.63, 3.8) is 0 Å². The number of ether oxygens (including phenoxy) is 1. The normalized spacial score (nSPS) is 16.4. The molecule has 1 nitrogen and oxygen atoms in total. The summed E-state index contributed by atoms with van der Waals surface area (Å²) in [6.45, 7) is 0.779. The third-order valence-corrected chi connectivity index (χ3v) is 2.64. The Bertz CT molecular complexity index is 251. The standard InChI is InChI=1S/C10H11IO/c11-9-3-1-8(2-4-9)7-12-10-5-6-10/h1-4,10H,5-7H2. The topological polar surface area (TPSA) is 9.23 Å². The highest BCUT2D eigenvalue weighted by Crippen LogP contribution is 2.24. The predicted molar refractivity (Wildman–Crippen MR) is 57.0 cm³/mol. The molecule has 0 aromatic heterocycles. The SMILES string of the molecule is Ic1ccc(COC2CC2)cc1. The monoisotopic (exact) mass is 274 g/mol. The van der Waals surface area contributed by atoms with Crippen molar-refractivity contribution in [2.75, 3.05) is 0 Å². The van der Waals surface area contributed by atoms with Crippen molar-refractivity contribution in [1.82, 2.24) is 0 Å². The van der Waals surface area contributed by atoms with E-state index in [4.69, 9.17) is 4.74 Å². The maximum absolute atomic E-state index is 5.58. The van der Waals surface area contributed by atoms with Crippen molar-refractivity contribution >= 4 is 22.6 Å². The van der Waals surface area contributed by atoms with Crippen LogP contribution in [-0.2, 0) is 11.3 Å². The first-order valence-corrected chi connectivity index (χ1v) is 5.28. The second-order valence-electron chi connectivity index (χ2n) is 3.14. The summed E-state index contributed by atoms with van der Waals surface area (Å²) in [4.78, 5) is 0. The highest BCUT2D eigenvalue weighted by Gasteiger charge is 2.21. The number of benzene rings is 1. The molecule has 2 rings (SSSR count). The molecule has 0 aliphatic heterocycles. The van der Waals surface area contributed by atoms with Crippen LogP contribution in [-0.4, -0.2) is 6.10 Å². The maximum Gasteiger partial charge on any atom is 0.0720 e. The predicted octanol–water partition coefficient (Wildman–Crippen LogP) is 2.97. The highest BCUT2D eigenvalue weighted by molar-refractivity contribution is 14.1. The Morgan fingerprint density at radius 1 is 1.25 bits per heavy atom. The fourth-order valence-corrected chi connectivity index (χ4v) is 1.39. The summed E-state index contributed by atoms with van der Waals surface area (Å²) < 4.78 is 6.86. The fraction of sp³-hybridized carbons (Fsp3) is 0.400. The van der Waals surface area contributed by atoms with Gasteiger partial charge in [-0.05, 0) is 53.1 Å². The van der Waals surface area contributed by atoms with E-state index < -0.39 is 0 Å². The first-order chi connectivity index (χ1) is 5.84. The third-order valence-electron chi connectivity index (χ3n) is 1.92. The molecule has 64 valence electrons. The minimum atomic E-state index is 0.560. The molecule has 0 heterocycles. The summed E-state index contributed by atoms with van der Waals surface area (Å²) in [5, 5.41) is 0. The molecule has 0 amide bonds. The molecule has 0 N–H and O–H groups in total. The minimum absolute atomic E-state index is 0.560. The molecule has 0 saturated heterocycles. The molecule has 0 bridgehead atoms. The van der Waals surface area contributed by atoms with Gasteiger partial charge in [-0.15, -0.1) is 0 Å². The lowest BCUT2D eigenvalue weighted by Gasteiger charge is -2.01. The van der Waals surface area contributed by atoms with Gasteiger partial charge in [0.25, 0.3) is 0 Å². The molecule has 1 saturated carbocycles. The molecule has 0 radical (unpaired) electrons. The molecule has 0 spiro atoms. The minimum Gasteiger partial charge on any atom is -0.374 e. The molecule has 1 aromatic rings. The number of rotatable bonds is 3. The molecule has 0 atom stereocenters. The Balaban J connectivity index is 1.89. The quantitative estimate of drug-likeness (QED) is 0.770. The smallest absolute Gasteiger partial charge is 0.0720 e. The Labute approximate surface area is 86.3 Å². The van der Waals surface area contributed by atoms with Crippen LogP contribution in [0, 0.1) is 3.57 Å². The van der Waals surface area contributed by atoms with Crippen molar-refractivity contribution in [3.8, 4) is 0 Å². The Kier molecular flexibility index (Phi) is 2.66. The number of halogens is 1. The average Bonchev–Trinajstić information content (AvgIpc) is 2.87. The summed E-state index contributed by atoms with van der Waals surface area (Å²) in [6, 6.07) is 8.49. The van der Waals surface area contributed by atoms with Gasteiger partial charge in [0.05, 0.1) is 12.7 Å². The van der Waals surface area contributed by atoms with Gasteiger partial charge in [-0.3, -0.25) is 0 Å². The Morgan fingerprint density at radius 2 is 1.92 bits per heavy atom. The van der Waals surface area contributed by atoms with Crippen LogP contribution >= 0.6 is 22.6 Å². The molecule has 1 aliphatic carbocycles. The summed E-state index contributed by atoms with van der Waals surface area (Å²) in [5.41, 5.74) is 1.28. The van der Waals surface area contributed by atoms with E-state index in [0.29, 0.717) is 6.10 Å².